The molecule has 2 aromatic carbocycles. The van der Waals surface area contributed by atoms with Crippen LogP contribution in [-0.4, -0.2) is 14.2 Å². The van der Waals surface area contributed by atoms with Gasteiger partial charge >= 0.3 is 0 Å². The van der Waals surface area contributed by atoms with Crippen LogP contribution in [-0.2, 0) is 6.42 Å². The van der Waals surface area contributed by atoms with Gasteiger partial charge in [-0.2, -0.15) is 0 Å². The monoisotopic (exact) mass is 386 g/mol. The lowest BCUT2D eigenvalue weighted by atomic mass is 10.0. The molecule has 3 aromatic rings. The molecule has 2 heterocycles. The third kappa shape index (κ3) is 2.36. The Morgan fingerprint density at radius 2 is 1.96 bits per heavy atom. The highest BCUT2D eigenvalue weighted by molar-refractivity contribution is 9.10. The standard InChI is InChI=1S/C19H15BrO4/c1-21-17-10-12(9-14(20)19(17)22-2)15-5-3-11-4-6-16-13(7-8-23-16)18(11)24-15/h4-10H,3H2,1-2H3. The first-order valence-corrected chi connectivity index (χ1v) is 8.29. The van der Waals surface area contributed by atoms with E-state index in [0.29, 0.717) is 11.5 Å². The summed E-state index contributed by atoms with van der Waals surface area (Å²) in [5.41, 5.74) is 2.89. The van der Waals surface area contributed by atoms with Crippen LogP contribution in [0.3, 0.4) is 0 Å². The Bertz CT molecular complexity index is 955. The van der Waals surface area contributed by atoms with E-state index in [1.807, 2.05) is 30.3 Å². The van der Waals surface area contributed by atoms with Crippen molar-refractivity contribution < 1.29 is 18.6 Å². The zero-order valence-corrected chi connectivity index (χ0v) is 14.8. The van der Waals surface area contributed by atoms with Crippen LogP contribution in [0, 0.1) is 0 Å². The number of fused-ring (bicyclic) bond motifs is 3. The van der Waals surface area contributed by atoms with Crippen molar-refractivity contribution in [2.45, 2.75) is 6.42 Å². The van der Waals surface area contributed by atoms with Crippen LogP contribution in [0.4, 0.5) is 0 Å². The number of ether oxygens (including phenoxy) is 3. The summed E-state index contributed by atoms with van der Waals surface area (Å²) >= 11 is 3.53. The maximum atomic E-state index is 6.20. The highest BCUT2D eigenvalue weighted by atomic mass is 79.9. The molecule has 0 unspecified atom stereocenters. The second-order valence-corrected chi connectivity index (χ2v) is 6.31. The summed E-state index contributed by atoms with van der Waals surface area (Å²) in [6.45, 7) is 0. The molecule has 122 valence electrons. The number of furan rings is 1. The van der Waals surface area contributed by atoms with Gasteiger partial charge in [-0.15, -0.1) is 0 Å². The van der Waals surface area contributed by atoms with Crippen molar-refractivity contribution in [1.82, 2.24) is 0 Å². The molecule has 0 radical (unpaired) electrons. The van der Waals surface area contributed by atoms with Gasteiger partial charge in [0.25, 0.3) is 0 Å². The first-order chi connectivity index (χ1) is 11.7. The van der Waals surface area contributed by atoms with Crippen LogP contribution in [0.15, 0.2) is 51.6 Å². The molecule has 0 spiro atoms. The fourth-order valence-corrected chi connectivity index (χ4v) is 3.54. The smallest absolute Gasteiger partial charge is 0.174 e. The van der Waals surface area contributed by atoms with Crippen molar-refractivity contribution in [3.05, 3.63) is 58.3 Å². The van der Waals surface area contributed by atoms with E-state index in [4.69, 9.17) is 18.6 Å². The molecule has 5 heteroatoms. The molecule has 0 saturated carbocycles. The van der Waals surface area contributed by atoms with Gasteiger partial charge in [-0.1, -0.05) is 6.07 Å². The Labute approximate surface area is 147 Å². The molecule has 4 nitrogen and oxygen atoms in total. The zero-order chi connectivity index (χ0) is 16.7. The largest absolute Gasteiger partial charge is 0.493 e. The van der Waals surface area contributed by atoms with Crippen molar-refractivity contribution in [3.8, 4) is 17.2 Å². The van der Waals surface area contributed by atoms with E-state index in [1.54, 1.807) is 20.5 Å². The maximum absolute atomic E-state index is 6.20. The van der Waals surface area contributed by atoms with Gasteiger partial charge in [0.1, 0.15) is 17.1 Å². The number of rotatable bonds is 3. The molecule has 24 heavy (non-hydrogen) atoms. The lowest BCUT2D eigenvalue weighted by molar-refractivity contribution is 0.352. The van der Waals surface area contributed by atoms with Crippen molar-refractivity contribution in [2.75, 3.05) is 14.2 Å². The number of hydrogen-bond donors (Lipinski definition) is 0. The van der Waals surface area contributed by atoms with Gasteiger partial charge in [-0.3, -0.25) is 0 Å². The highest BCUT2D eigenvalue weighted by Crippen LogP contribution is 2.41. The van der Waals surface area contributed by atoms with E-state index in [2.05, 4.69) is 22.0 Å². The Kier molecular flexibility index (Phi) is 3.73. The molecular weight excluding hydrogens is 372 g/mol. The van der Waals surface area contributed by atoms with Gasteiger partial charge in [0.2, 0.25) is 0 Å². The van der Waals surface area contributed by atoms with Crippen molar-refractivity contribution in [3.63, 3.8) is 0 Å². The molecule has 0 aliphatic carbocycles. The Morgan fingerprint density at radius 1 is 1.08 bits per heavy atom. The number of allylic oxidation sites excluding steroid dienone is 1. The first-order valence-electron chi connectivity index (χ1n) is 7.50. The minimum Gasteiger partial charge on any atom is -0.493 e. The molecule has 4 rings (SSSR count). The molecule has 1 aromatic heterocycles. The quantitative estimate of drug-likeness (QED) is 0.620. The van der Waals surface area contributed by atoms with E-state index >= 15 is 0 Å². The zero-order valence-electron chi connectivity index (χ0n) is 13.3. The van der Waals surface area contributed by atoms with Crippen LogP contribution in [0.1, 0.15) is 11.1 Å². The predicted octanol–water partition coefficient (Wildman–Crippen LogP) is 5.19. The molecule has 0 bridgehead atoms. The normalized spacial score (nSPS) is 13.2. The molecule has 1 aliphatic heterocycles. The molecule has 0 N–H and O–H groups in total. The van der Waals surface area contributed by atoms with Gasteiger partial charge in [-0.25, -0.2) is 0 Å². The van der Waals surface area contributed by atoms with Crippen molar-refractivity contribution in [2.24, 2.45) is 0 Å². The van der Waals surface area contributed by atoms with E-state index < -0.39 is 0 Å². The summed E-state index contributed by atoms with van der Waals surface area (Å²) in [6.07, 6.45) is 4.55. The summed E-state index contributed by atoms with van der Waals surface area (Å²) in [6, 6.07) is 9.83. The third-order valence-electron chi connectivity index (χ3n) is 4.10. The van der Waals surface area contributed by atoms with Gasteiger partial charge < -0.3 is 18.6 Å². The molecule has 0 atom stereocenters. The van der Waals surface area contributed by atoms with E-state index in [9.17, 15) is 0 Å². The number of hydrogen-bond acceptors (Lipinski definition) is 4. The second kappa shape index (κ2) is 5.91. The number of halogens is 1. The highest BCUT2D eigenvalue weighted by Gasteiger charge is 2.20. The Balaban J connectivity index is 1.78. The van der Waals surface area contributed by atoms with E-state index in [-0.39, 0.29) is 0 Å². The third-order valence-corrected chi connectivity index (χ3v) is 4.69. The van der Waals surface area contributed by atoms with Crippen LogP contribution < -0.4 is 14.2 Å². The van der Waals surface area contributed by atoms with Gasteiger partial charge in [0.05, 0.1) is 30.3 Å². The van der Waals surface area contributed by atoms with Crippen LogP contribution in [0.5, 0.6) is 17.2 Å². The predicted molar refractivity (Wildman–Crippen MR) is 95.8 cm³/mol. The number of benzene rings is 2. The van der Waals surface area contributed by atoms with Crippen molar-refractivity contribution in [1.29, 1.82) is 0 Å². The summed E-state index contributed by atoms with van der Waals surface area (Å²) in [4.78, 5) is 0. The molecular formula is C19H15BrO4. The maximum Gasteiger partial charge on any atom is 0.174 e. The average Bonchev–Trinajstić information content (AvgIpc) is 3.09. The van der Waals surface area contributed by atoms with Gasteiger partial charge in [0, 0.05) is 5.56 Å². The molecule has 0 saturated heterocycles. The fourth-order valence-electron chi connectivity index (χ4n) is 2.94. The van der Waals surface area contributed by atoms with Gasteiger partial charge in [-0.05, 0) is 58.3 Å². The Hall–Kier alpha value is -2.40. The average molecular weight is 387 g/mol. The summed E-state index contributed by atoms with van der Waals surface area (Å²) in [5, 5.41) is 0.984. The lowest BCUT2D eigenvalue weighted by Crippen LogP contribution is -2.05. The van der Waals surface area contributed by atoms with Crippen LogP contribution in [0.25, 0.3) is 16.7 Å². The van der Waals surface area contributed by atoms with E-state index in [1.165, 1.54) is 0 Å². The summed E-state index contributed by atoms with van der Waals surface area (Å²) in [7, 11) is 3.24. The lowest BCUT2D eigenvalue weighted by Gasteiger charge is -2.20. The van der Waals surface area contributed by atoms with Crippen LogP contribution in [0.2, 0.25) is 0 Å². The van der Waals surface area contributed by atoms with E-state index in [0.717, 1.165) is 44.5 Å². The fraction of sp³-hybridized carbons (Fsp3) is 0.158. The Morgan fingerprint density at radius 3 is 2.75 bits per heavy atom. The minimum atomic E-state index is 0.652. The molecule has 1 aliphatic rings. The van der Waals surface area contributed by atoms with Crippen LogP contribution >= 0.6 is 15.9 Å². The van der Waals surface area contributed by atoms with Crippen molar-refractivity contribution >= 4 is 32.7 Å². The molecule has 0 fully saturated rings. The summed E-state index contributed by atoms with van der Waals surface area (Å²) in [5.74, 6) is 2.96. The summed E-state index contributed by atoms with van der Waals surface area (Å²) < 4.78 is 23.3. The minimum absolute atomic E-state index is 0.652. The SMILES string of the molecule is COc1cc(C2=CCc3ccc4occc4c3O2)cc(Br)c1OC. The topological polar surface area (TPSA) is 40.8 Å². The first kappa shape index (κ1) is 15.1. The van der Waals surface area contributed by atoms with Gasteiger partial charge in [0.15, 0.2) is 11.5 Å². The molecule has 0 amide bonds. The number of methoxy groups -OCH3 is 2. The second-order valence-electron chi connectivity index (χ2n) is 5.45.